The van der Waals surface area contributed by atoms with Gasteiger partial charge in [0.05, 0.1) is 12.7 Å². The van der Waals surface area contributed by atoms with Crippen LogP contribution in [0.15, 0.2) is 42.5 Å². The topological polar surface area (TPSA) is 40.5 Å². The van der Waals surface area contributed by atoms with Gasteiger partial charge in [0.25, 0.3) is 0 Å². The number of aryl methyl sites for hydroxylation is 1. The second-order valence-corrected chi connectivity index (χ2v) is 3.20. The van der Waals surface area contributed by atoms with Crippen LogP contribution in [0.25, 0.3) is 0 Å². The summed E-state index contributed by atoms with van der Waals surface area (Å²) in [6, 6.07) is 10.0. The maximum Gasteiger partial charge on any atom is 0.0724 e. The van der Waals surface area contributed by atoms with Crippen LogP contribution < -0.4 is 0 Å². The summed E-state index contributed by atoms with van der Waals surface area (Å²) in [6.45, 7) is -0.0115. The van der Waals surface area contributed by atoms with Gasteiger partial charge in [0, 0.05) is 0 Å². The predicted octanol–water partition coefficient (Wildman–Crippen LogP) is 1.53. The maximum absolute atomic E-state index is 9.44. The van der Waals surface area contributed by atoms with E-state index in [0.29, 0.717) is 6.42 Å². The monoisotopic (exact) mass is 192 g/mol. The van der Waals surface area contributed by atoms with Gasteiger partial charge in [-0.3, -0.25) is 0 Å². The van der Waals surface area contributed by atoms with Crippen molar-refractivity contribution in [2.45, 2.75) is 18.9 Å². The first-order valence-corrected chi connectivity index (χ1v) is 4.82. The van der Waals surface area contributed by atoms with Gasteiger partial charge >= 0.3 is 0 Å². The Kier molecular flexibility index (Phi) is 4.97. The number of benzene rings is 1. The Balaban J connectivity index is 2.30. The average molecular weight is 192 g/mol. The third kappa shape index (κ3) is 4.21. The lowest BCUT2D eigenvalue weighted by atomic mass is 10.1. The van der Waals surface area contributed by atoms with Gasteiger partial charge in [0.2, 0.25) is 0 Å². The van der Waals surface area contributed by atoms with Crippen LogP contribution in [0.3, 0.4) is 0 Å². The van der Waals surface area contributed by atoms with E-state index in [4.69, 9.17) is 5.11 Å². The molecule has 0 aromatic heterocycles. The Morgan fingerprint density at radius 3 is 2.57 bits per heavy atom. The number of aliphatic hydroxyl groups excluding tert-OH is 2. The molecule has 1 aromatic rings. The number of aliphatic hydroxyl groups is 2. The van der Waals surface area contributed by atoms with Gasteiger partial charge in [-0.2, -0.15) is 0 Å². The standard InChI is InChI=1S/C12H16O2/c13-10-4-7-12(14)9-8-11-5-2-1-3-6-11/h1-7,12-14H,8-10H2/b7-4-. The van der Waals surface area contributed by atoms with E-state index >= 15 is 0 Å². The van der Waals surface area contributed by atoms with Crippen LogP contribution in [0.4, 0.5) is 0 Å². The second kappa shape index (κ2) is 6.35. The number of hydrogen-bond acceptors (Lipinski definition) is 2. The zero-order valence-corrected chi connectivity index (χ0v) is 8.13. The van der Waals surface area contributed by atoms with Crippen molar-refractivity contribution in [1.29, 1.82) is 0 Å². The quantitative estimate of drug-likeness (QED) is 0.694. The van der Waals surface area contributed by atoms with Crippen molar-refractivity contribution < 1.29 is 10.2 Å². The highest BCUT2D eigenvalue weighted by molar-refractivity contribution is 5.14. The zero-order chi connectivity index (χ0) is 10.2. The van der Waals surface area contributed by atoms with Crippen molar-refractivity contribution in [2.75, 3.05) is 6.61 Å². The van der Waals surface area contributed by atoms with E-state index in [9.17, 15) is 5.11 Å². The van der Waals surface area contributed by atoms with Gasteiger partial charge in [-0.25, -0.2) is 0 Å². The fourth-order valence-electron chi connectivity index (χ4n) is 1.27. The number of rotatable bonds is 5. The molecule has 2 N–H and O–H groups in total. The van der Waals surface area contributed by atoms with Gasteiger partial charge in [-0.05, 0) is 18.4 Å². The molecule has 0 saturated carbocycles. The molecule has 0 heterocycles. The van der Waals surface area contributed by atoms with Crippen LogP contribution in [-0.2, 0) is 6.42 Å². The lowest BCUT2D eigenvalue weighted by Crippen LogP contribution is -2.04. The second-order valence-electron chi connectivity index (χ2n) is 3.20. The Labute approximate surface area is 84.5 Å². The molecule has 0 aliphatic heterocycles. The molecular weight excluding hydrogens is 176 g/mol. The SMILES string of the molecule is OC/C=C\C(O)CCc1ccccc1. The van der Waals surface area contributed by atoms with Crippen LogP contribution in [0, 0.1) is 0 Å². The summed E-state index contributed by atoms with van der Waals surface area (Å²) in [6.07, 6.45) is 4.29. The molecule has 14 heavy (non-hydrogen) atoms. The van der Waals surface area contributed by atoms with Gasteiger partial charge in [0.1, 0.15) is 0 Å². The molecule has 2 heteroatoms. The first kappa shape index (κ1) is 11.0. The van der Waals surface area contributed by atoms with E-state index < -0.39 is 6.10 Å². The van der Waals surface area contributed by atoms with Crippen molar-refractivity contribution in [3.8, 4) is 0 Å². The highest BCUT2D eigenvalue weighted by Gasteiger charge is 1.99. The van der Waals surface area contributed by atoms with E-state index in [0.717, 1.165) is 6.42 Å². The van der Waals surface area contributed by atoms with E-state index in [2.05, 4.69) is 0 Å². The van der Waals surface area contributed by atoms with Gasteiger partial charge in [-0.1, -0.05) is 42.5 Å². The first-order valence-electron chi connectivity index (χ1n) is 4.82. The molecule has 0 spiro atoms. The lowest BCUT2D eigenvalue weighted by molar-refractivity contribution is 0.211. The maximum atomic E-state index is 9.44. The van der Waals surface area contributed by atoms with Gasteiger partial charge < -0.3 is 10.2 Å². The van der Waals surface area contributed by atoms with Crippen LogP contribution in [-0.4, -0.2) is 22.9 Å². The van der Waals surface area contributed by atoms with Crippen LogP contribution in [0.2, 0.25) is 0 Å². The summed E-state index contributed by atoms with van der Waals surface area (Å²) in [5.74, 6) is 0. The van der Waals surface area contributed by atoms with E-state index in [1.54, 1.807) is 12.2 Å². The van der Waals surface area contributed by atoms with Crippen molar-refractivity contribution in [3.05, 3.63) is 48.0 Å². The van der Waals surface area contributed by atoms with Gasteiger partial charge in [-0.15, -0.1) is 0 Å². The fraction of sp³-hybridized carbons (Fsp3) is 0.333. The van der Waals surface area contributed by atoms with Crippen molar-refractivity contribution >= 4 is 0 Å². The lowest BCUT2D eigenvalue weighted by Gasteiger charge is -2.04. The van der Waals surface area contributed by atoms with E-state index in [-0.39, 0.29) is 6.61 Å². The minimum atomic E-state index is -0.456. The molecule has 1 rings (SSSR count). The van der Waals surface area contributed by atoms with Crippen molar-refractivity contribution in [1.82, 2.24) is 0 Å². The molecule has 1 atom stereocenters. The fourth-order valence-corrected chi connectivity index (χ4v) is 1.27. The smallest absolute Gasteiger partial charge is 0.0724 e. The average Bonchev–Trinajstić information content (AvgIpc) is 2.25. The zero-order valence-electron chi connectivity index (χ0n) is 8.13. The molecule has 1 unspecified atom stereocenters. The summed E-state index contributed by atoms with van der Waals surface area (Å²) < 4.78 is 0. The van der Waals surface area contributed by atoms with Crippen LogP contribution >= 0.6 is 0 Å². The van der Waals surface area contributed by atoms with Crippen LogP contribution in [0.5, 0.6) is 0 Å². The Bertz CT molecular complexity index is 267. The molecule has 0 saturated heterocycles. The normalized spacial score (nSPS) is 13.3. The Morgan fingerprint density at radius 1 is 1.21 bits per heavy atom. The third-order valence-electron chi connectivity index (χ3n) is 2.04. The van der Waals surface area contributed by atoms with E-state index in [1.807, 2.05) is 30.3 Å². The first-order chi connectivity index (χ1) is 6.83. The highest BCUT2D eigenvalue weighted by atomic mass is 16.3. The summed E-state index contributed by atoms with van der Waals surface area (Å²) in [5, 5.41) is 17.9. The Hall–Kier alpha value is -1.12. The molecule has 0 aliphatic carbocycles. The van der Waals surface area contributed by atoms with E-state index in [1.165, 1.54) is 5.56 Å². The molecule has 0 aliphatic rings. The van der Waals surface area contributed by atoms with Crippen molar-refractivity contribution in [3.63, 3.8) is 0 Å². The summed E-state index contributed by atoms with van der Waals surface area (Å²) in [5.41, 5.74) is 1.23. The molecule has 0 radical (unpaired) electrons. The number of hydrogen-bond donors (Lipinski definition) is 2. The molecule has 0 bridgehead atoms. The largest absolute Gasteiger partial charge is 0.392 e. The van der Waals surface area contributed by atoms with Crippen molar-refractivity contribution in [2.24, 2.45) is 0 Å². The molecule has 0 amide bonds. The molecule has 76 valence electrons. The summed E-state index contributed by atoms with van der Waals surface area (Å²) >= 11 is 0. The van der Waals surface area contributed by atoms with Gasteiger partial charge in [0.15, 0.2) is 0 Å². The highest BCUT2D eigenvalue weighted by Crippen LogP contribution is 2.05. The third-order valence-corrected chi connectivity index (χ3v) is 2.04. The Morgan fingerprint density at radius 2 is 1.93 bits per heavy atom. The predicted molar refractivity (Wildman–Crippen MR) is 57.0 cm³/mol. The summed E-state index contributed by atoms with van der Waals surface area (Å²) in [4.78, 5) is 0. The molecule has 1 aromatic carbocycles. The summed E-state index contributed by atoms with van der Waals surface area (Å²) in [7, 11) is 0. The van der Waals surface area contributed by atoms with Crippen LogP contribution in [0.1, 0.15) is 12.0 Å². The molecule has 2 nitrogen and oxygen atoms in total. The molecular formula is C12H16O2. The molecule has 0 fully saturated rings. The minimum Gasteiger partial charge on any atom is -0.392 e. The minimum absolute atomic E-state index is 0.0115.